The highest BCUT2D eigenvalue weighted by atomic mass is 16.6. The van der Waals surface area contributed by atoms with Crippen molar-refractivity contribution < 1.29 is 9.72 Å². The van der Waals surface area contributed by atoms with Gasteiger partial charge in [-0.3, -0.25) is 14.9 Å². The minimum absolute atomic E-state index is 0.0895. The van der Waals surface area contributed by atoms with Crippen LogP contribution in [0.3, 0.4) is 0 Å². The molecule has 0 unspecified atom stereocenters. The Morgan fingerprint density at radius 2 is 1.69 bits per heavy atom. The topological polar surface area (TPSA) is 160 Å². The average Bonchev–Trinajstić information content (AvgIpc) is 2.94. The van der Waals surface area contributed by atoms with E-state index in [0.29, 0.717) is 37.1 Å². The van der Waals surface area contributed by atoms with Crippen molar-refractivity contribution in [3.8, 4) is 12.1 Å². The third-order valence-corrected chi connectivity index (χ3v) is 5.68. The quantitative estimate of drug-likeness (QED) is 0.118. The number of hydrogen-bond donors (Lipinski definition) is 1. The summed E-state index contributed by atoms with van der Waals surface area (Å²) in [5.41, 5.74) is 6.19. The number of nitriles is 2. The number of nitro benzene ring substituents is 1. The van der Waals surface area contributed by atoms with Gasteiger partial charge < -0.3 is 4.90 Å². The van der Waals surface area contributed by atoms with Crippen LogP contribution in [0.15, 0.2) is 82.1 Å². The van der Waals surface area contributed by atoms with Gasteiger partial charge in [-0.2, -0.15) is 10.5 Å². The number of aryl methyl sites for hydroxylation is 2. The van der Waals surface area contributed by atoms with Gasteiger partial charge >= 0.3 is 0 Å². The highest BCUT2D eigenvalue weighted by Crippen LogP contribution is 2.23. The van der Waals surface area contributed by atoms with Crippen LogP contribution >= 0.6 is 0 Å². The first-order chi connectivity index (χ1) is 18.8. The van der Waals surface area contributed by atoms with Crippen LogP contribution in [-0.4, -0.2) is 29.8 Å². The van der Waals surface area contributed by atoms with E-state index in [1.807, 2.05) is 43.0 Å². The molecule has 11 nitrogen and oxygen atoms in total. The molecule has 39 heavy (non-hydrogen) atoms. The van der Waals surface area contributed by atoms with Crippen molar-refractivity contribution in [3.05, 3.63) is 99.1 Å². The Kier molecular flexibility index (Phi) is 9.94. The predicted molar refractivity (Wildman–Crippen MR) is 147 cm³/mol. The third kappa shape index (κ3) is 8.03. The summed E-state index contributed by atoms with van der Waals surface area (Å²) in [6, 6.07) is 22.4. The van der Waals surface area contributed by atoms with Gasteiger partial charge in [0.2, 0.25) is 5.84 Å². The molecule has 0 aromatic heterocycles. The summed E-state index contributed by atoms with van der Waals surface area (Å²) in [5.74, 6) is -0.349. The molecule has 1 amide bonds. The lowest BCUT2D eigenvalue weighted by Gasteiger charge is -2.23. The Morgan fingerprint density at radius 1 is 1.00 bits per heavy atom. The Labute approximate surface area is 225 Å². The molecule has 0 saturated carbocycles. The van der Waals surface area contributed by atoms with E-state index in [9.17, 15) is 14.9 Å². The molecule has 0 fully saturated rings. The second-order valence-electron chi connectivity index (χ2n) is 8.52. The van der Waals surface area contributed by atoms with Crippen molar-refractivity contribution in [1.82, 2.24) is 5.43 Å². The molecule has 3 aromatic carbocycles. The molecule has 0 aliphatic rings. The maximum atomic E-state index is 12.7. The predicted octanol–water partition coefficient (Wildman–Crippen LogP) is 5.72. The average molecular weight is 523 g/mol. The van der Waals surface area contributed by atoms with Crippen LogP contribution in [0, 0.1) is 46.6 Å². The fraction of sp³-hybridized carbons (Fsp3) is 0.214. The maximum absolute atomic E-state index is 12.7. The molecule has 3 aromatic rings. The smallest absolute Gasteiger partial charge is 0.271 e. The van der Waals surface area contributed by atoms with Gasteiger partial charge in [0.25, 0.3) is 11.6 Å². The van der Waals surface area contributed by atoms with E-state index in [4.69, 9.17) is 10.5 Å². The number of carbonyl (C=O) groups is 1. The number of hydrazone groups is 1. The minimum Gasteiger partial charge on any atom is -0.369 e. The largest absolute Gasteiger partial charge is 0.369 e. The Bertz CT molecular complexity index is 1470. The van der Waals surface area contributed by atoms with Gasteiger partial charge in [0.1, 0.15) is 0 Å². The van der Waals surface area contributed by atoms with Crippen molar-refractivity contribution in [2.75, 3.05) is 18.0 Å². The van der Waals surface area contributed by atoms with Crippen LogP contribution < -0.4 is 10.3 Å². The van der Waals surface area contributed by atoms with E-state index in [0.717, 1.165) is 16.8 Å². The minimum atomic E-state index is -0.525. The summed E-state index contributed by atoms with van der Waals surface area (Å²) < 4.78 is 0. The van der Waals surface area contributed by atoms with E-state index >= 15 is 0 Å². The van der Waals surface area contributed by atoms with Crippen LogP contribution in [0.5, 0.6) is 0 Å². The highest BCUT2D eigenvalue weighted by Gasteiger charge is 2.14. The molecule has 196 valence electrons. The van der Waals surface area contributed by atoms with Crippen molar-refractivity contribution in [3.63, 3.8) is 0 Å². The van der Waals surface area contributed by atoms with E-state index in [1.54, 1.807) is 24.3 Å². The van der Waals surface area contributed by atoms with Crippen molar-refractivity contribution >= 4 is 28.8 Å². The Morgan fingerprint density at radius 3 is 2.31 bits per heavy atom. The fourth-order valence-corrected chi connectivity index (χ4v) is 3.62. The molecule has 0 heterocycles. The number of azo groups is 1. The zero-order valence-corrected chi connectivity index (χ0v) is 21.5. The number of benzene rings is 3. The molecular formula is C28H26N8O3. The molecular weight excluding hydrogens is 496 g/mol. The molecule has 1 N–H and O–H groups in total. The molecule has 0 radical (unpaired) electrons. The number of nitrogens with one attached hydrogen (secondary N) is 1. The summed E-state index contributed by atoms with van der Waals surface area (Å²) >= 11 is 0. The zero-order valence-electron chi connectivity index (χ0n) is 21.5. The first kappa shape index (κ1) is 28.2. The molecule has 0 saturated heterocycles. The fourth-order valence-electron chi connectivity index (χ4n) is 3.62. The number of nitrogens with zero attached hydrogens (tertiary/aromatic N) is 7. The van der Waals surface area contributed by atoms with Crippen molar-refractivity contribution in [2.45, 2.75) is 26.7 Å². The molecule has 0 spiro atoms. The lowest BCUT2D eigenvalue weighted by Crippen LogP contribution is -2.25. The highest BCUT2D eigenvalue weighted by molar-refractivity contribution is 6.02. The van der Waals surface area contributed by atoms with Gasteiger partial charge in [0, 0.05) is 42.0 Å². The van der Waals surface area contributed by atoms with Gasteiger partial charge in [-0.15, -0.1) is 15.3 Å². The lowest BCUT2D eigenvalue weighted by molar-refractivity contribution is -0.384. The van der Waals surface area contributed by atoms with Gasteiger partial charge in [0.05, 0.1) is 35.6 Å². The third-order valence-electron chi connectivity index (χ3n) is 5.68. The maximum Gasteiger partial charge on any atom is 0.271 e. The Balaban J connectivity index is 1.97. The summed E-state index contributed by atoms with van der Waals surface area (Å²) in [7, 11) is 0. The molecule has 0 atom stereocenters. The number of non-ortho nitro benzene ring substituents is 1. The van der Waals surface area contributed by atoms with Crippen molar-refractivity contribution in [2.24, 2.45) is 15.3 Å². The number of anilines is 1. The summed E-state index contributed by atoms with van der Waals surface area (Å²) in [6.07, 6.45) is 0.614. The van der Waals surface area contributed by atoms with Gasteiger partial charge in [-0.25, -0.2) is 5.43 Å². The van der Waals surface area contributed by atoms with E-state index in [2.05, 4.69) is 32.9 Å². The van der Waals surface area contributed by atoms with E-state index in [1.165, 1.54) is 18.2 Å². The van der Waals surface area contributed by atoms with Crippen LogP contribution in [0.25, 0.3) is 0 Å². The second-order valence-corrected chi connectivity index (χ2v) is 8.52. The molecule has 3 rings (SSSR count). The van der Waals surface area contributed by atoms with E-state index < -0.39 is 10.8 Å². The standard InChI is InChI=1S/C28H26N8O3/c1-20-8-10-22(11-9-20)28(37)34-33-27(32-31-23-6-3-7-25(19-23)36(38)39)26-13-12-24(18-21(26)2)35(16-4-14-29)17-5-15-30/h3,6-13,18-19H,4-5,16-17H2,1-2H3,(H,34,37)/b32-31?,33-27-. The molecule has 11 heteroatoms. The number of hydrogen-bond acceptors (Lipinski definition) is 8. The number of carbonyl (C=O) groups excluding carboxylic acids is 1. The molecule has 0 bridgehead atoms. The van der Waals surface area contributed by atoms with E-state index in [-0.39, 0.29) is 17.2 Å². The van der Waals surface area contributed by atoms with Gasteiger partial charge in [-0.1, -0.05) is 23.8 Å². The SMILES string of the molecule is Cc1ccc(C(=O)N/N=C(\N=Nc2cccc([N+](=O)[O-])c2)c2ccc(N(CCC#N)CCC#N)cc2C)cc1. The number of nitro groups is 1. The first-order valence-electron chi connectivity index (χ1n) is 12.0. The number of amides is 1. The molecule has 0 aliphatic carbocycles. The lowest BCUT2D eigenvalue weighted by atomic mass is 10.1. The number of amidine groups is 1. The summed E-state index contributed by atoms with van der Waals surface area (Å²) in [5, 5.41) is 41.7. The zero-order chi connectivity index (χ0) is 28.2. The second kappa shape index (κ2) is 13.8. The summed E-state index contributed by atoms with van der Waals surface area (Å²) in [4.78, 5) is 25.2. The monoisotopic (exact) mass is 522 g/mol. The van der Waals surface area contributed by atoms with Crippen LogP contribution in [-0.2, 0) is 0 Å². The van der Waals surface area contributed by atoms with Crippen LogP contribution in [0.1, 0.15) is 39.9 Å². The first-order valence-corrected chi connectivity index (χ1v) is 12.0. The summed E-state index contributed by atoms with van der Waals surface area (Å²) in [6.45, 7) is 4.69. The number of rotatable bonds is 10. The normalized spacial score (nSPS) is 11.0. The Hall–Kier alpha value is -5.42. The van der Waals surface area contributed by atoms with Gasteiger partial charge in [0.15, 0.2) is 0 Å². The van der Waals surface area contributed by atoms with Crippen LogP contribution in [0.4, 0.5) is 17.1 Å². The van der Waals surface area contributed by atoms with Gasteiger partial charge in [-0.05, 0) is 55.8 Å². The van der Waals surface area contributed by atoms with Crippen molar-refractivity contribution in [1.29, 1.82) is 10.5 Å². The van der Waals surface area contributed by atoms with Crippen LogP contribution in [0.2, 0.25) is 0 Å². The molecule has 0 aliphatic heterocycles.